The highest BCUT2D eigenvalue weighted by atomic mass is 16.5. The molecule has 3 heteroatoms. The predicted molar refractivity (Wildman–Crippen MR) is 73.6 cm³/mol. The van der Waals surface area contributed by atoms with Gasteiger partial charge in [0.1, 0.15) is 0 Å². The molecule has 0 spiro atoms. The van der Waals surface area contributed by atoms with Crippen LogP contribution in [0.1, 0.15) is 51.4 Å². The second kappa shape index (κ2) is 15.9. The average Bonchev–Trinajstić information content (AvgIpc) is 2.35. The van der Waals surface area contributed by atoms with Crippen LogP contribution in [-0.4, -0.2) is 40.5 Å². The number of methoxy groups -OCH3 is 2. The lowest BCUT2D eigenvalue weighted by Crippen LogP contribution is -2.16. The molecule has 3 nitrogen and oxygen atoms in total. The maximum atomic E-state index is 5.02. The van der Waals surface area contributed by atoms with Gasteiger partial charge in [-0.1, -0.05) is 25.7 Å². The molecule has 0 amide bonds. The Kier molecular flexibility index (Phi) is 15.8. The van der Waals surface area contributed by atoms with E-state index in [2.05, 4.69) is 5.32 Å². The van der Waals surface area contributed by atoms with E-state index in [0.717, 1.165) is 13.2 Å². The molecule has 0 unspecified atom stereocenters. The van der Waals surface area contributed by atoms with Crippen molar-refractivity contribution in [2.45, 2.75) is 51.4 Å². The quantitative estimate of drug-likeness (QED) is 0.477. The molecule has 0 radical (unpaired) electrons. The third-order valence-corrected chi connectivity index (χ3v) is 2.90. The number of ether oxygens (including phenoxy) is 2. The summed E-state index contributed by atoms with van der Waals surface area (Å²) in [5.74, 6) is 0. The summed E-state index contributed by atoms with van der Waals surface area (Å²) >= 11 is 0. The molecule has 104 valence electrons. The highest BCUT2D eigenvalue weighted by Crippen LogP contribution is 2.00. The van der Waals surface area contributed by atoms with Gasteiger partial charge in [0.2, 0.25) is 0 Å². The minimum Gasteiger partial charge on any atom is -0.385 e. The average molecular weight is 245 g/mol. The van der Waals surface area contributed by atoms with Gasteiger partial charge in [0.15, 0.2) is 0 Å². The highest BCUT2D eigenvalue weighted by molar-refractivity contribution is 4.51. The Morgan fingerprint density at radius 3 is 1.41 bits per heavy atom. The standard InChI is InChI=1S/C14H31NO2/c1-16-13-9-5-3-7-11-15-12-8-4-6-10-14-17-2/h15H,3-14H2,1-2H3. The molecule has 17 heavy (non-hydrogen) atoms. The molecule has 0 rings (SSSR count). The van der Waals surface area contributed by atoms with Gasteiger partial charge in [-0.25, -0.2) is 0 Å². The molecule has 0 atom stereocenters. The first kappa shape index (κ1) is 16.9. The molecule has 0 bridgehead atoms. The first-order valence-corrected chi connectivity index (χ1v) is 7.10. The molecule has 0 aromatic rings. The van der Waals surface area contributed by atoms with Gasteiger partial charge < -0.3 is 14.8 Å². The van der Waals surface area contributed by atoms with Crippen molar-refractivity contribution in [3.63, 3.8) is 0 Å². The molecule has 0 aliphatic rings. The largest absolute Gasteiger partial charge is 0.385 e. The van der Waals surface area contributed by atoms with E-state index in [9.17, 15) is 0 Å². The van der Waals surface area contributed by atoms with Crippen molar-refractivity contribution in [3.05, 3.63) is 0 Å². The predicted octanol–water partition coefficient (Wildman–Crippen LogP) is 2.99. The Morgan fingerprint density at radius 1 is 0.588 bits per heavy atom. The van der Waals surface area contributed by atoms with Crippen LogP contribution in [-0.2, 0) is 9.47 Å². The highest BCUT2D eigenvalue weighted by Gasteiger charge is 1.92. The smallest absolute Gasteiger partial charge is 0.0462 e. The van der Waals surface area contributed by atoms with Crippen LogP contribution >= 0.6 is 0 Å². The van der Waals surface area contributed by atoms with Crippen LogP contribution < -0.4 is 5.32 Å². The van der Waals surface area contributed by atoms with Gasteiger partial charge in [-0.2, -0.15) is 0 Å². The fourth-order valence-corrected chi connectivity index (χ4v) is 1.82. The van der Waals surface area contributed by atoms with E-state index in [-0.39, 0.29) is 0 Å². The van der Waals surface area contributed by atoms with Crippen molar-refractivity contribution in [2.24, 2.45) is 0 Å². The third kappa shape index (κ3) is 15.9. The van der Waals surface area contributed by atoms with Crippen molar-refractivity contribution in [3.8, 4) is 0 Å². The summed E-state index contributed by atoms with van der Waals surface area (Å²) in [6.07, 6.45) is 10.3. The molecule has 1 N–H and O–H groups in total. The zero-order valence-corrected chi connectivity index (χ0v) is 11.8. The van der Waals surface area contributed by atoms with Gasteiger partial charge in [-0.3, -0.25) is 0 Å². The number of unbranched alkanes of at least 4 members (excludes halogenated alkanes) is 6. The fraction of sp³-hybridized carbons (Fsp3) is 1.00. The summed E-state index contributed by atoms with van der Waals surface area (Å²) in [5, 5.41) is 3.50. The Labute approximate surface area is 107 Å². The zero-order chi connectivity index (χ0) is 12.6. The van der Waals surface area contributed by atoms with Crippen molar-refractivity contribution < 1.29 is 9.47 Å². The first-order chi connectivity index (χ1) is 8.41. The lowest BCUT2D eigenvalue weighted by molar-refractivity contribution is 0.192. The van der Waals surface area contributed by atoms with Crippen molar-refractivity contribution in [2.75, 3.05) is 40.5 Å². The minimum absolute atomic E-state index is 0.912. The zero-order valence-electron chi connectivity index (χ0n) is 11.8. The van der Waals surface area contributed by atoms with E-state index in [0.29, 0.717) is 0 Å². The first-order valence-electron chi connectivity index (χ1n) is 7.10. The normalized spacial score (nSPS) is 10.9. The molecular formula is C14H31NO2. The Balaban J connectivity index is 2.85. The second-order valence-electron chi connectivity index (χ2n) is 4.56. The van der Waals surface area contributed by atoms with Crippen LogP contribution in [0.25, 0.3) is 0 Å². The Bertz CT molecular complexity index is 117. The van der Waals surface area contributed by atoms with Gasteiger partial charge in [0.25, 0.3) is 0 Å². The van der Waals surface area contributed by atoms with Gasteiger partial charge in [0.05, 0.1) is 0 Å². The third-order valence-electron chi connectivity index (χ3n) is 2.90. The van der Waals surface area contributed by atoms with Crippen LogP contribution in [0.5, 0.6) is 0 Å². The van der Waals surface area contributed by atoms with Crippen LogP contribution in [0.2, 0.25) is 0 Å². The molecule has 0 aromatic carbocycles. The summed E-state index contributed by atoms with van der Waals surface area (Å²) in [7, 11) is 3.54. The van der Waals surface area contributed by atoms with E-state index in [1.807, 2.05) is 0 Å². The number of rotatable bonds is 14. The Hall–Kier alpha value is -0.120. The van der Waals surface area contributed by atoms with E-state index >= 15 is 0 Å². The fourth-order valence-electron chi connectivity index (χ4n) is 1.82. The lowest BCUT2D eigenvalue weighted by Gasteiger charge is -2.05. The SMILES string of the molecule is COCCCCCCNCCCCCCOC. The van der Waals surface area contributed by atoms with Gasteiger partial charge in [-0.05, 0) is 38.8 Å². The van der Waals surface area contributed by atoms with Crippen LogP contribution in [0.15, 0.2) is 0 Å². The van der Waals surface area contributed by atoms with E-state index in [1.165, 1.54) is 64.5 Å². The monoisotopic (exact) mass is 245 g/mol. The van der Waals surface area contributed by atoms with E-state index in [4.69, 9.17) is 9.47 Å². The van der Waals surface area contributed by atoms with Gasteiger partial charge in [-0.15, -0.1) is 0 Å². The van der Waals surface area contributed by atoms with Gasteiger partial charge >= 0.3 is 0 Å². The molecule has 0 aromatic heterocycles. The molecular weight excluding hydrogens is 214 g/mol. The van der Waals surface area contributed by atoms with E-state index in [1.54, 1.807) is 14.2 Å². The lowest BCUT2D eigenvalue weighted by atomic mass is 10.2. The summed E-state index contributed by atoms with van der Waals surface area (Å²) in [6.45, 7) is 4.17. The Morgan fingerprint density at radius 2 is 1.00 bits per heavy atom. The van der Waals surface area contributed by atoms with Gasteiger partial charge in [0, 0.05) is 27.4 Å². The summed E-state index contributed by atoms with van der Waals surface area (Å²) in [4.78, 5) is 0. The number of hydrogen-bond acceptors (Lipinski definition) is 3. The molecule has 0 fully saturated rings. The van der Waals surface area contributed by atoms with Crippen molar-refractivity contribution >= 4 is 0 Å². The maximum Gasteiger partial charge on any atom is 0.0462 e. The van der Waals surface area contributed by atoms with Crippen molar-refractivity contribution in [1.29, 1.82) is 0 Å². The van der Waals surface area contributed by atoms with E-state index < -0.39 is 0 Å². The molecule has 0 saturated carbocycles. The van der Waals surface area contributed by atoms with Crippen LogP contribution in [0.4, 0.5) is 0 Å². The molecule has 0 heterocycles. The summed E-state index contributed by atoms with van der Waals surface area (Å²) in [6, 6.07) is 0. The number of hydrogen-bond donors (Lipinski definition) is 1. The van der Waals surface area contributed by atoms with Crippen LogP contribution in [0, 0.1) is 0 Å². The summed E-state index contributed by atoms with van der Waals surface area (Å²) < 4.78 is 10.0. The molecule has 0 aliphatic carbocycles. The molecule has 0 saturated heterocycles. The molecule has 0 aliphatic heterocycles. The number of nitrogens with one attached hydrogen (secondary N) is 1. The topological polar surface area (TPSA) is 30.5 Å². The maximum absolute atomic E-state index is 5.02. The summed E-state index contributed by atoms with van der Waals surface area (Å²) in [5.41, 5.74) is 0. The minimum atomic E-state index is 0.912. The van der Waals surface area contributed by atoms with Crippen molar-refractivity contribution in [1.82, 2.24) is 5.32 Å². The van der Waals surface area contributed by atoms with Crippen LogP contribution in [0.3, 0.4) is 0 Å². The second-order valence-corrected chi connectivity index (χ2v) is 4.56.